The van der Waals surface area contributed by atoms with E-state index < -0.39 is 0 Å². The molecule has 0 radical (unpaired) electrons. The molecule has 3 aromatic rings. The Morgan fingerprint density at radius 2 is 2.12 bits per heavy atom. The minimum Gasteiger partial charge on any atom is -0.467 e. The molecular weight excluding hydrogens is 370 g/mol. The van der Waals surface area contributed by atoms with Gasteiger partial charge in [-0.05, 0) is 64.8 Å². The number of anilines is 2. The van der Waals surface area contributed by atoms with Crippen LogP contribution in [0.15, 0.2) is 63.8 Å². The Hall–Kier alpha value is -2.60. The number of nitrogens with zero attached hydrogens (tertiary/aromatic N) is 1. The highest BCUT2D eigenvalue weighted by Crippen LogP contribution is 2.24. The lowest BCUT2D eigenvalue weighted by molar-refractivity contribution is 0.102. The molecule has 2 aromatic heterocycles. The fraction of sp³-hybridized carbons (Fsp3) is 0.111. The van der Waals surface area contributed by atoms with Gasteiger partial charge in [0.25, 0.3) is 5.91 Å². The number of nitrogens with one attached hydrogen (secondary N) is 2. The van der Waals surface area contributed by atoms with E-state index in [9.17, 15) is 4.79 Å². The number of amides is 1. The summed E-state index contributed by atoms with van der Waals surface area (Å²) in [5.74, 6) is 0.558. The van der Waals surface area contributed by atoms with Gasteiger partial charge in [0.15, 0.2) is 0 Å². The molecule has 2 N–H and O–H groups in total. The molecule has 1 aromatic carbocycles. The van der Waals surface area contributed by atoms with Crippen LogP contribution in [0.25, 0.3) is 0 Å². The van der Waals surface area contributed by atoms with Crippen LogP contribution in [0.3, 0.4) is 0 Å². The van der Waals surface area contributed by atoms with Gasteiger partial charge in [-0.25, -0.2) is 0 Å². The van der Waals surface area contributed by atoms with Crippen molar-refractivity contribution in [2.75, 3.05) is 10.6 Å². The van der Waals surface area contributed by atoms with Crippen molar-refractivity contribution >= 4 is 33.2 Å². The molecule has 0 saturated heterocycles. The predicted molar refractivity (Wildman–Crippen MR) is 97.1 cm³/mol. The summed E-state index contributed by atoms with van der Waals surface area (Å²) in [7, 11) is 0. The number of carbonyl (C=O) groups is 1. The Morgan fingerprint density at radius 1 is 1.25 bits per heavy atom. The smallest absolute Gasteiger partial charge is 0.274 e. The zero-order valence-electron chi connectivity index (χ0n) is 13.0. The largest absolute Gasteiger partial charge is 0.467 e. The second-order valence-electron chi connectivity index (χ2n) is 5.30. The maximum absolute atomic E-state index is 12.4. The number of aryl methyl sites for hydroxylation is 1. The summed E-state index contributed by atoms with van der Waals surface area (Å²) in [5, 5.41) is 6.06. The molecule has 0 aliphatic heterocycles. The van der Waals surface area contributed by atoms with Crippen LogP contribution in [0.1, 0.15) is 21.8 Å². The number of hydrogen-bond acceptors (Lipinski definition) is 4. The van der Waals surface area contributed by atoms with Gasteiger partial charge in [0.1, 0.15) is 11.5 Å². The van der Waals surface area contributed by atoms with E-state index >= 15 is 0 Å². The molecule has 0 aliphatic carbocycles. The van der Waals surface area contributed by atoms with Crippen LogP contribution >= 0.6 is 15.9 Å². The van der Waals surface area contributed by atoms with Crippen molar-refractivity contribution in [2.45, 2.75) is 13.5 Å². The fourth-order valence-corrected chi connectivity index (χ4v) is 2.77. The van der Waals surface area contributed by atoms with Crippen LogP contribution in [0, 0.1) is 6.92 Å². The van der Waals surface area contributed by atoms with Crippen LogP contribution < -0.4 is 10.6 Å². The molecule has 0 atom stereocenters. The summed E-state index contributed by atoms with van der Waals surface area (Å²) in [6.07, 6.45) is 3.23. The number of carbonyl (C=O) groups excluding carboxylic acids is 1. The Labute approximate surface area is 148 Å². The Kier molecular flexibility index (Phi) is 4.96. The van der Waals surface area contributed by atoms with E-state index in [1.54, 1.807) is 18.5 Å². The van der Waals surface area contributed by atoms with Crippen LogP contribution in [0.4, 0.5) is 11.4 Å². The van der Waals surface area contributed by atoms with Crippen LogP contribution in [0.2, 0.25) is 0 Å². The maximum atomic E-state index is 12.4. The van der Waals surface area contributed by atoms with E-state index in [0.29, 0.717) is 17.9 Å². The molecule has 24 heavy (non-hydrogen) atoms. The third kappa shape index (κ3) is 4.02. The minimum atomic E-state index is -0.263. The van der Waals surface area contributed by atoms with Gasteiger partial charge < -0.3 is 15.1 Å². The van der Waals surface area contributed by atoms with Gasteiger partial charge in [0.05, 0.1) is 18.5 Å². The maximum Gasteiger partial charge on any atom is 0.274 e. The Bertz CT molecular complexity index is 847. The van der Waals surface area contributed by atoms with Crippen molar-refractivity contribution in [3.05, 3.63) is 76.4 Å². The third-order valence-corrected chi connectivity index (χ3v) is 4.07. The SMILES string of the molecule is Cc1ccc(NC(=O)c2cc(NCc3ccco3)ccn2)c(Br)c1. The zero-order valence-corrected chi connectivity index (χ0v) is 14.6. The number of aromatic nitrogens is 1. The lowest BCUT2D eigenvalue weighted by Crippen LogP contribution is -2.14. The van der Waals surface area contributed by atoms with Gasteiger partial charge in [-0.3, -0.25) is 9.78 Å². The summed E-state index contributed by atoms with van der Waals surface area (Å²) in [4.78, 5) is 16.5. The first-order valence-corrected chi connectivity index (χ1v) is 8.21. The standard InChI is InChI=1S/C18H16BrN3O2/c1-12-4-5-16(15(19)9-12)22-18(23)17-10-13(6-7-20-17)21-11-14-3-2-8-24-14/h2-10H,11H2,1H3,(H,20,21)(H,22,23). The number of benzene rings is 1. The molecule has 2 heterocycles. The molecule has 3 rings (SSSR count). The summed E-state index contributed by atoms with van der Waals surface area (Å²) < 4.78 is 6.11. The second-order valence-corrected chi connectivity index (χ2v) is 6.15. The van der Waals surface area contributed by atoms with Crippen LogP contribution in [-0.2, 0) is 6.54 Å². The average Bonchev–Trinajstić information content (AvgIpc) is 3.09. The van der Waals surface area contributed by atoms with Crippen molar-refractivity contribution in [1.82, 2.24) is 4.98 Å². The monoisotopic (exact) mass is 385 g/mol. The molecule has 0 bridgehead atoms. The molecule has 1 amide bonds. The summed E-state index contributed by atoms with van der Waals surface area (Å²) in [5.41, 5.74) is 2.96. The highest BCUT2D eigenvalue weighted by molar-refractivity contribution is 9.10. The van der Waals surface area contributed by atoms with Crippen molar-refractivity contribution < 1.29 is 9.21 Å². The first kappa shape index (κ1) is 16.3. The van der Waals surface area contributed by atoms with Gasteiger partial charge in [-0.1, -0.05) is 6.07 Å². The lowest BCUT2D eigenvalue weighted by atomic mass is 10.2. The quantitative estimate of drug-likeness (QED) is 0.672. The highest BCUT2D eigenvalue weighted by atomic mass is 79.9. The molecule has 0 saturated carbocycles. The molecule has 5 nitrogen and oxygen atoms in total. The van der Waals surface area contributed by atoms with Crippen LogP contribution in [0.5, 0.6) is 0 Å². The van der Waals surface area contributed by atoms with E-state index in [0.717, 1.165) is 21.5 Å². The van der Waals surface area contributed by atoms with E-state index in [4.69, 9.17) is 4.42 Å². The summed E-state index contributed by atoms with van der Waals surface area (Å²) in [6, 6.07) is 13.0. The number of rotatable bonds is 5. The molecule has 0 spiro atoms. The van der Waals surface area contributed by atoms with Crippen molar-refractivity contribution in [2.24, 2.45) is 0 Å². The molecule has 0 fully saturated rings. The number of pyridine rings is 1. The van der Waals surface area contributed by atoms with E-state index in [2.05, 4.69) is 31.5 Å². The second kappa shape index (κ2) is 7.31. The van der Waals surface area contributed by atoms with E-state index in [1.807, 2.05) is 43.3 Å². The Morgan fingerprint density at radius 3 is 2.88 bits per heavy atom. The Balaban J connectivity index is 1.69. The van der Waals surface area contributed by atoms with Gasteiger partial charge in [-0.2, -0.15) is 0 Å². The fourth-order valence-electron chi connectivity index (χ4n) is 2.17. The van der Waals surface area contributed by atoms with E-state index in [-0.39, 0.29) is 5.91 Å². The molecular formula is C18H16BrN3O2. The molecule has 0 aliphatic rings. The normalized spacial score (nSPS) is 10.4. The summed E-state index contributed by atoms with van der Waals surface area (Å²) >= 11 is 3.45. The molecule has 0 unspecified atom stereocenters. The van der Waals surface area contributed by atoms with Gasteiger partial charge in [-0.15, -0.1) is 0 Å². The minimum absolute atomic E-state index is 0.263. The van der Waals surface area contributed by atoms with Gasteiger partial charge in [0, 0.05) is 16.4 Å². The predicted octanol–water partition coefficient (Wildman–Crippen LogP) is 4.61. The van der Waals surface area contributed by atoms with Crippen LogP contribution in [-0.4, -0.2) is 10.9 Å². The number of halogens is 1. The number of furan rings is 1. The third-order valence-electron chi connectivity index (χ3n) is 3.41. The first-order valence-electron chi connectivity index (χ1n) is 7.41. The van der Waals surface area contributed by atoms with Crippen molar-refractivity contribution in [3.8, 4) is 0 Å². The highest BCUT2D eigenvalue weighted by Gasteiger charge is 2.10. The average molecular weight is 386 g/mol. The van der Waals surface area contributed by atoms with Gasteiger partial charge in [0.2, 0.25) is 0 Å². The van der Waals surface area contributed by atoms with Crippen molar-refractivity contribution in [3.63, 3.8) is 0 Å². The lowest BCUT2D eigenvalue weighted by Gasteiger charge is -2.09. The van der Waals surface area contributed by atoms with Gasteiger partial charge >= 0.3 is 0 Å². The van der Waals surface area contributed by atoms with Crippen molar-refractivity contribution in [1.29, 1.82) is 0 Å². The van der Waals surface area contributed by atoms with E-state index in [1.165, 1.54) is 0 Å². The zero-order chi connectivity index (χ0) is 16.9. The first-order chi connectivity index (χ1) is 11.6. The number of hydrogen-bond donors (Lipinski definition) is 2. The molecule has 122 valence electrons. The topological polar surface area (TPSA) is 67.2 Å². The molecule has 6 heteroatoms. The summed E-state index contributed by atoms with van der Waals surface area (Å²) in [6.45, 7) is 2.54.